The number of ether oxygens (including phenoxy) is 1. The third kappa shape index (κ3) is 5.31. The average Bonchev–Trinajstić information content (AvgIpc) is 2.68. The lowest BCUT2D eigenvalue weighted by Gasteiger charge is -2.14. The van der Waals surface area contributed by atoms with Gasteiger partial charge in [0.15, 0.2) is 11.5 Å². The molecule has 1 heterocycles. The summed E-state index contributed by atoms with van der Waals surface area (Å²) in [5.41, 5.74) is -3.15. The molecule has 0 saturated heterocycles. The Morgan fingerprint density at radius 2 is 1.97 bits per heavy atom. The highest BCUT2D eigenvalue weighted by Gasteiger charge is 2.34. The summed E-state index contributed by atoms with van der Waals surface area (Å²) >= 11 is 0. The number of aromatic nitrogens is 1. The van der Waals surface area contributed by atoms with E-state index in [-0.39, 0.29) is 18.7 Å². The van der Waals surface area contributed by atoms with Crippen molar-refractivity contribution in [3.05, 3.63) is 58.2 Å². The van der Waals surface area contributed by atoms with Gasteiger partial charge in [0, 0.05) is 24.1 Å². The van der Waals surface area contributed by atoms with Crippen molar-refractivity contribution in [2.75, 3.05) is 6.61 Å². The predicted octanol–water partition coefficient (Wildman–Crippen LogP) is 3.93. The summed E-state index contributed by atoms with van der Waals surface area (Å²) in [6.45, 7) is 1.68. The number of esters is 1. The zero-order valence-corrected chi connectivity index (χ0v) is 15.7. The van der Waals surface area contributed by atoms with Crippen molar-refractivity contribution in [1.29, 1.82) is 5.26 Å². The number of aromatic hydroxyl groups is 1. The summed E-state index contributed by atoms with van der Waals surface area (Å²) in [7, 11) is 0. The fraction of sp³-hybridized carbons (Fsp3) is 0.300. The molecule has 1 N–H and O–H groups in total. The number of nitrogens with zero attached hydrogens (tertiary/aromatic N) is 2. The molecular weight excluding hydrogens is 408 g/mol. The number of Topliss-reactive ketones (excluding diaryl/α,β-unsaturated/α-hetero) is 1. The molecular formula is C20H16F4N2O4. The van der Waals surface area contributed by atoms with E-state index in [4.69, 9.17) is 5.26 Å². The van der Waals surface area contributed by atoms with Crippen molar-refractivity contribution >= 4 is 11.8 Å². The normalized spacial score (nSPS) is 11.1. The van der Waals surface area contributed by atoms with Gasteiger partial charge >= 0.3 is 12.1 Å². The van der Waals surface area contributed by atoms with E-state index in [9.17, 15) is 32.3 Å². The van der Waals surface area contributed by atoms with Crippen molar-refractivity contribution in [2.24, 2.45) is 0 Å². The van der Waals surface area contributed by atoms with Gasteiger partial charge in [0.1, 0.15) is 17.6 Å². The van der Waals surface area contributed by atoms with E-state index in [0.717, 1.165) is 18.2 Å². The van der Waals surface area contributed by atoms with Crippen LogP contribution in [0.25, 0.3) is 0 Å². The van der Waals surface area contributed by atoms with Crippen LogP contribution in [0.5, 0.6) is 5.75 Å². The van der Waals surface area contributed by atoms with Gasteiger partial charge in [0.25, 0.3) is 0 Å². The van der Waals surface area contributed by atoms with E-state index >= 15 is 0 Å². The molecule has 0 amide bonds. The van der Waals surface area contributed by atoms with Crippen LogP contribution in [0.2, 0.25) is 0 Å². The van der Waals surface area contributed by atoms with Crippen molar-refractivity contribution in [3.8, 4) is 11.8 Å². The molecule has 0 atom stereocenters. The molecule has 2 rings (SSSR count). The van der Waals surface area contributed by atoms with Crippen LogP contribution in [0.4, 0.5) is 17.6 Å². The van der Waals surface area contributed by atoms with E-state index < -0.39 is 64.7 Å². The maximum absolute atomic E-state index is 14.1. The first-order valence-electron chi connectivity index (χ1n) is 8.74. The number of carbonyl (C=O) groups is 2. The summed E-state index contributed by atoms with van der Waals surface area (Å²) < 4.78 is 58.4. The Morgan fingerprint density at radius 3 is 2.57 bits per heavy atom. The van der Waals surface area contributed by atoms with Gasteiger partial charge in [-0.05, 0) is 25.1 Å². The number of pyridine rings is 1. The van der Waals surface area contributed by atoms with Crippen LogP contribution in [-0.4, -0.2) is 28.4 Å². The van der Waals surface area contributed by atoms with Crippen molar-refractivity contribution in [3.63, 3.8) is 0 Å². The molecule has 0 unspecified atom stereocenters. The Labute approximate surface area is 168 Å². The molecule has 0 aliphatic carbocycles. The number of rotatable bonds is 7. The van der Waals surface area contributed by atoms with Gasteiger partial charge in [0.2, 0.25) is 0 Å². The SMILES string of the molecule is CCOC(=O)CCC(=O)c1nc(Cc2c(F)cccc2C(F)(F)F)cc(C#N)c1O. The Hall–Kier alpha value is -3.48. The molecule has 30 heavy (non-hydrogen) atoms. The largest absolute Gasteiger partial charge is 0.504 e. The quantitative estimate of drug-likeness (QED) is 0.411. The number of ketones is 1. The van der Waals surface area contributed by atoms with Gasteiger partial charge in [-0.25, -0.2) is 9.37 Å². The number of benzene rings is 1. The average molecular weight is 424 g/mol. The maximum atomic E-state index is 14.1. The minimum atomic E-state index is -4.83. The molecule has 0 aliphatic rings. The van der Waals surface area contributed by atoms with Gasteiger partial charge < -0.3 is 9.84 Å². The molecule has 1 aromatic carbocycles. The van der Waals surface area contributed by atoms with Crippen molar-refractivity contribution in [2.45, 2.75) is 32.4 Å². The zero-order chi connectivity index (χ0) is 22.5. The number of halogens is 4. The monoisotopic (exact) mass is 424 g/mol. The molecule has 0 bridgehead atoms. The molecule has 158 valence electrons. The first-order valence-corrected chi connectivity index (χ1v) is 8.74. The Morgan fingerprint density at radius 1 is 1.27 bits per heavy atom. The van der Waals surface area contributed by atoms with E-state index in [1.165, 1.54) is 0 Å². The third-order valence-electron chi connectivity index (χ3n) is 4.07. The zero-order valence-electron chi connectivity index (χ0n) is 15.7. The van der Waals surface area contributed by atoms with E-state index in [1.54, 1.807) is 13.0 Å². The lowest BCUT2D eigenvalue weighted by molar-refractivity contribution is -0.143. The van der Waals surface area contributed by atoms with E-state index in [0.29, 0.717) is 6.07 Å². The van der Waals surface area contributed by atoms with E-state index in [1.807, 2.05) is 0 Å². The van der Waals surface area contributed by atoms with Crippen molar-refractivity contribution in [1.82, 2.24) is 4.98 Å². The van der Waals surface area contributed by atoms with Gasteiger partial charge in [-0.1, -0.05) is 6.07 Å². The first kappa shape index (κ1) is 22.8. The number of hydrogen-bond donors (Lipinski definition) is 1. The van der Waals surface area contributed by atoms with Crippen LogP contribution >= 0.6 is 0 Å². The van der Waals surface area contributed by atoms with Crippen LogP contribution in [0.3, 0.4) is 0 Å². The second-order valence-electron chi connectivity index (χ2n) is 6.14. The predicted molar refractivity (Wildman–Crippen MR) is 95.0 cm³/mol. The van der Waals surface area contributed by atoms with Gasteiger partial charge in [-0.15, -0.1) is 0 Å². The topological polar surface area (TPSA) is 100 Å². The second kappa shape index (κ2) is 9.35. The first-order chi connectivity index (χ1) is 14.1. The Balaban J connectivity index is 2.43. The lowest BCUT2D eigenvalue weighted by atomic mass is 9.99. The van der Waals surface area contributed by atoms with Crippen LogP contribution in [0.1, 0.15) is 52.6 Å². The summed E-state index contributed by atoms with van der Waals surface area (Å²) in [5.74, 6) is -3.38. The van der Waals surface area contributed by atoms with Crippen LogP contribution < -0.4 is 0 Å². The summed E-state index contributed by atoms with van der Waals surface area (Å²) in [6.07, 6.45) is -6.22. The van der Waals surface area contributed by atoms with E-state index in [2.05, 4.69) is 9.72 Å². The van der Waals surface area contributed by atoms with Gasteiger partial charge in [-0.3, -0.25) is 9.59 Å². The van der Waals surface area contributed by atoms with Crippen molar-refractivity contribution < 1.29 is 37.0 Å². The van der Waals surface area contributed by atoms with Crippen LogP contribution in [-0.2, 0) is 22.1 Å². The molecule has 0 radical (unpaired) electrons. The smallest absolute Gasteiger partial charge is 0.416 e. The number of carbonyl (C=O) groups excluding carboxylic acids is 2. The number of nitriles is 1. The minimum absolute atomic E-state index is 0.106. The highest BCUT2D eigenvalue weighted by Crippen LogP contribution is 2.34. The molecule has 0 fully saturated rings. The highest BCUT2D eigenvalue weighted by atomic mass is 19.4. The molecule has 0 saturated carbocycles. The number of hydrogen-bond acceptors (Lipinski definition) is 6. The van der Waals surface area contributed by atoms with Gasteiger partial charge in [0.05, 0.1) is 24.2 Å². The summed E-state index contributed by atoms with van der Waals surface area (Å²) in [4.78, 5) is 27.6. The molecule has 0 spiro atoms. The molecule has 6 nitrogen and oxygen atoms in total. The molecule has 1 aromatic heterocycles. The fourth-order valence-corrected chi connectivity index (χ4v) is 2.71. The second-order valence-corrected chi connectivity index (χ2v) is 6.14. The van der Waals surface area contributed by atoms with Crippen LogP contribution in [0, 0.1) is 17.1 Å². The standard InChI is InChI=1S/C20H16F4N2O4/c1-2-30-17(28)7-6-16(27)18-19(29)11(10-25)8-12(26-18)9-13-14(20(22,23)24)4-3-5-15(13)21/h3-5,8,29H,2,6-7,9H2,1H3. The Bertz CT molecular complexity index is 1010. The maximum Gasteiger partial charge on any atom is 0.416 e. The summed E-state index contributed by atoms with van der Waals surface area (Å²) in [5, 5.41) is 19.2. The summed E-state index contributed by atoms with van der Waals surface area (Å²) in [6, 6.07) is 5.05. The fourth-order valence-electron chi connectivity index (χ4n) is 2.71. The Kier molecular flexibility index (Phi) is 7.10. The highest BCUT2D eigenvalue weighted by molar-refractivity contribution is 5.98. The molecule has 0 aliphatic heterocycles. The third-order valence-corrected chi connectivity index (χ3v) is 4.07. The number of alkyl halides is 3. The van der Waals surface area contributed by atoms with Gasteiger partial charge in [-0.2, -0.15) is 18.4 Å². The lowest BCUT2D eigenvalue weighted by Crippen LogP contribution is -2.13. The van der Waals surface area contributed by atoms with Crippen LogP contribution in [0.15, 0.2) is 24.3 Å². The minimum Gasteiger partial charge on any atom is -0.504 e. The molecule has 2 aromatic rings. The molecule has 10 heteroatoms.